The Bertz CT molecular complexity index is 564. The lowest BCUT2D eigenvalue weighted by Gasteiger charge is -2.26. The topological polar surface area (TPSA) is 28.1 Å². The van der Waals surface area contributed by atoms with Gasteiger partial charge < -0.3 is 9.64 Å². The van der Waals surface area contributed by atoms with Gasteiger partial charge in [0.25, 0.3) is 0 Å². The number of hydrogen-bond donors (Lipinski definition) is 0. The van der Waals surface area contributed by atoms with Crippen molar-refractivity contribution in [3.63, 3.8) is 0 Å². The van der Waals surface area contributed by atoms with Crippen LogP contribution in [0, 0.1) is 0 Å². The zero-order chi connectivity index (χ0) is 17.3. The molecule has 2 aliphatic rings. The fraction of sp³-hybridized carbons (Fsp3) is 0.667. The van der Waals surface area contributed by atoms with Gasteiger partial charge in [0, 0.05) is 19.7 Å². The molecule has 2 aliphatic heterocycles. The average molecular weight is 380 g/mol. The second-order valence-corrected chi connectivity index (χ2v) is 7.12. The van der Waals surface area contributed by atoms with Gasteiger partial charge in [-0.25, -0.2) is 0 Å². The van der Waals surface area contributed by atoms with Crippen molar-refractivity contribution in [2.24, 2.45) is 4.99 Å². The lowest BCUT2D eigenvalue weighted by atomic mass is 10.1. The molecule has 26 heavy (non-hydrogen) atoms. The zero-order valence-corrected chi connectivity index (χ0v) is 17.0. The van der Waals surface area contributed by atoms with E-state index in [9.17, 15) is 0 Å². The van der Waals surface area contributed by atoms with Gasteiger partial charge in [-0.15, -0.1) is 12.4 Å². The van der Waals surface area contributed by atoms with Crippen LogP contribution in [0.4, 0.5) is 11.4 Å². The molecule has 0 spiro atoms. The molecule has 0 saturated carbocycles. The molecule has 0 bridgehead atoms. The van der Waals surface area contributed by atoms with Crippen molar-refractivity contribution in [3.05, 3.63) is 24.3 Å². The predicted octanol–water partition coefficient (Wildman–Crippen LogP) is 5.61. The molecule has 1 aromatic carbocycles. The van der Waals surface area contributed by atoms with E-state index in [0.29, 0.717) is 6.73 Å². The van der Waals surface area contributed by atoms with E-state index in [4.69, 9.17) is 9.73 Å². The summed E-state index contributed by atoms with van der Waals surface area (Å²) in [7, 11) is 0. The van der Waals surface area contributed by atoms with Crippen molar-refractivity contribution < 1.29 is 4.74 Å². The van der Waals surface area contributed by atoms with E-state index in [1.165, 1.54) is 62.7 Å². The standard InChI is InChI=1S/C21H33N3O.ClH/c1-2-3-4-5-6-7-8-11-17-25-18-24-20-14-10-9-13-19(20)23-16-12-15-22-21(23)24;/h9-10,13-14H,2-8,11-12,15-18H2,1H3;1H. The van der Waals surface area contributed by atoms with Crippen molar-refractivity contribution in [1.82, 2.24) is 0 Å². The number of fused-ring (bicyclic) bond motifs is 3. The summed E-state index contributed by atoms with van der Waals surface area (Å²) in [6.07, 6.45) is 11.8. The lowest BCUT2D eigenvalue weighted by Crippen LogP contribution is -2.42. The maximum Gasteiger partial charge on any atom is 0.207 e. The first-order valence-electron chi connectivity index (χ1n) is 10.2. The Kier molecular flexibility index (Phi) is 9.27. The highest BCUT2D eigenvalue weighted by Crippen LogP contribution is 2.37. The number of anilines is 2. The number of halogens is 1. The summed E-state index contributed by atoms with van der Waals surface area (Å²) in [5.41, 5.74) is 2.51. The van der Waals surface area contributed by atoms with E-state index < -0.39 is 0 Å². The number of aliphatic imine (C=N–C) groups is 1. The van der Waals surface area contributed by atoms with E-state index in [1.807, 2.05) is 0 Å². The average Bonchev–Trinajstić information content (AvgIpc) is 2.97. The quantitative estimate of drug-likeness (QED) is 0.468. The van der Waals surface area contributed by atoms with Gasteiger partial charge in [0.1, 0.15) is 6.73 Å². The number of benzene rings is 1. The van der Waals surface area contributed by atoms with Gasteiger partial charge in [0.15, 0.2) is 0 Å². The van der Waals surface area contributed by atoms with Gasteiger partial charge in [0.05, 0.1) is 11.4 Å². The summed E-state index contributed by atoms with van der Waals surface area (Å²) in [5.74, 6) is 1.07. The number of rotatable bonds is 11. The Morgan fingerprint density at radius 3 is 2.42 bits per heavy atom. The molecular weight excluding hydrogens is 346 g/mol. The van der Waals surface area contributed by atoms with Crippen LogP contribution < -0.4 is 9.80 Å². The van der Waals surface area contributed by atoms with Crippen molar-refractivity contribution in [2.45, 2.75) is 64.7 Å². The molecule has 2 heterocycles. The van der Waals surface area contributed by atoms with Crippen LogP contribution in [0.1, 0.15) is 64.7 Å². The van der Waals surface area contributed by atoms with Gasteiger partial charge >= 0.3 is 0 Å². The Labute approximate surface area is 165 Å². The maximum absolute atomic E-state index is 5.99. The fourth-order valence-corrected chi connectivity index (χ4v) is 3.70. The molecule has 0 aliphatic carbocycles. The molecule has 0 atom stereocenters. The smallest absolute Gasteiger partial charge is 0.207 e. The Morgan fingerprint density at radius 1 is 0.962 bits per heavy atom. The molecule has 0 aromatic heterocycles. The van der Waals surface area contributed by atoms with E-state index >= 15 is 0 Å². The second kappa shape index (κ2) is 11.5. The minimum absolute atomic E-state index is 0. The molecule has 0 amide bonds. The summed E-state index contributed by atoms with van der Waals surface area (Å²) in [4.78, 5) is 9.31. The lowest BCUT2D eigenvalue weighted by molar-refractivity contribution is 0.137. The van der Waals surface area contributed by atoms with Crippen molar-refractivity contribution in [1.29, 1.82) is 0 Å². The van der Waals surface area contributed by atoms with Crippen LogP contribution in [-0.2, 0) is 4.74 Å². The van der Waals surface area contributed by atoms with Crippen LogP contribution in [0.2, 0.25) is 0 Å². The highest BCUT2D eigenvalue weighted by Gasteiger charge is 2.33. The highest BCUT2D eigenvalue weighted by molar-refractivity contribution is 6.16. The third kappa shape index (κ3) is 5.37. The minimum Gasteiger partial charge on any atom is -0.361 e. The summed E-state index contributed by atoms with van der Waals surface area (Å²) in [6, 6.07) is 8.57. The molecule has 146 valence electrons. The third-order valence-electron chi connectivity index (χ3n) is 5.10. The van der Waals surface area contributed by atoms with E-state index in [1.54, 1.807) is 0 Å². The number of hydrogen-bond acceptors (Lipinski definition) is 4. The van der Waals surface area contributed by atoms with Crippen molar-refractivity contribution in [2.75, 3.05) is 36.2 Å². The highest BCUT2D eigenvalue weighted by atomic mass is 35.5. The maximum atomic E-state index is 5.99. The Morgan fingerprint density at radius 2 is 1.65 bits per heavy atom. The summed E-state index contributed by atoms with van der Waals surface area (Å²) in [6.45, 7) is 5.72. The van der Waals surface area contributed by atoms with Gasteiger partial charge in [-0.2, -0.15) is 0 Å². The Balaban J connectivity index is 0.00000243. The van der Waals surface area contributed by atoms with Crippen LogP contribution in [0.15, 0.2) is 29.3 Å². The first kappa shape index (κ1) is 21.0. The van der Waals surface area contributed by atoms with Crippen molar-refractivity contribution in [3.8, 4) is 0 Å². The first-order chi connectivity index (χ1) is 12.4. The molecular formula is C21H34ClN3O. The third-order valence-corrected chi connectivity index (χ3v) is 5.10. The molecule has 5 heteroatoms. The number of guanidine groups is 1. The first-order valence-corrected chi connectivity index (χ1v) is 10.2. The zero-order valence-electron chi connectivity index (χ0n) is 16.2. The van der Waals surface area contributed by atoms with Gasteiger partial charge in [0.2, 0.25) is 5.96 Å². The van der Waals surface area contributed by atoms with Gasteiger partial charge in [-0.1, -0.05) is 64.0 Å². The van der Waals surface area contributed by atoms with E-state index in [2.05, 4.69) is 41.0 Å². The summed E-state index contributed by atoms with van der Waals surface area (Å²) < 4.78 is 5.99. The SMILES string of the molecule is CCCCCCCCCCOCN1C2=NCCCN2c2ccccc21.Cl. The van der Waals surface area contributed by atoms with Gasteiger partial charge in [-0.3, -0.25) is 9.89 Å². The van der Waals surface area contributed by atoms with Crippen LogP contribution in [0.5, 0.6) is 0 Å². The monoisotopic (exact) mass is 379 g/mol. The fourth-order valence-electron chi connectivity index (χ4n) is 3.70. The summed E-state index contributed by atoms with van der Waals surface area (Å²) in [5, 5.41) is 0. The van der Waals surface area contributed by atoms with Gasteiger partial charge in [-0.05, 0) is 25.0 Å². The van der Waals surface area contributed by atoms with Crippen LogP contribution >= 0.6 is 12.4 Å². The van der Waals surface area contributed by atoms with Crippen molar-refractivity contribution >= 4 is 29.7 Å². The Hall–Kier alpha value is -1.26. The molecule has 0 radical (unpaired) electrons. The molecule has 1 aromatic rings. The number of ether oxygens (including phenoxy) is 1. The molecule has 3 rings (SSSR count). The molecule has 0 fully saturated rings. The van der Waals surface area contributed by atoms with Crippen LogP contribution in [-0.4, -0.2) is 32.4 Å². The summed E-state index contributed by atoms with van der Waals surface area (Å²) >= 11 is 0. The van der Waals surface area contributed by atoms with E-state index in [-0.39, 0.29) is 12.4 Å². The largest absolute Gasteiger partial charge is 0.361 e. The second-order valence-electron chi connectivity index (χ2n) is 7.12. The number of unbranched alkanes of at least 4 members (excludes halogenated alkanes) is 7. The van der Waals surface area contributed by atoms with Crippen LogP contribution in [0.25, 0.3) is 0 Å². The predicted molar refractivity (Wildman–Crippen MR) is 114 cm³/mol. The molecule has 0 unspecified atom stereocenters. The normalized spacial score (nSPS) is 15.3. The molecule has 0 N–H and O–H groups in total. The number of nitrogens with zero attached hydrogens (tertiary/aromatic N) is 3. The minimum atomic E-state index is 0. The van der Waals surface area contributed by atoms with E-state index in [0.717, 1.165) is 32.1 Å². The molecule has 0 saturated heterocycles. The number of para-hydroxylation sites is 2. The molecule has 4 nitrogen and oxygen atoms in total. The van der Waals surface area contributed by atoms with Crippen LogP contribution in [0.3, 0.4) is 0 Å².